The molecule has 36 atom stereocenters. The first-order chi connectivity index (χ1) is 45.2. The monoisotopic (exact) mass is 1400 g/mol. The molecule has 0 spiro atoms. The second-order valence-corrected chi connectivity index (χ2v) is 23.9. The second-order valence-electron chi connectivity index (χ2n) is 23.9. The van der Waals surface area contributed by atoms with E-state index in [1.165, 1.54) is 0 Å². The number of carbonyl (C=O) groups is 5. The van der Waals surface area contributed by atoms with Crippen LogP contribution in [0.15, 0.2) is 0 Å². The maximum absolute atomic E-state index is 13.7. The number of amides is 4. The third kappa shape index (κ3) is 17.3. The average molecular weight is 1410 g/mol. The summed E-state index contributed by atoms with van der Waals surface area (Å²) in [6.45, 7) is -4.32. The van der Waals surface area contributed by atoms with Gasteiger partial charge in [0.1, 0.15) is 165 Å². The van der Waals surface area contributed by atoms with Crippen molar-refractivity contribution in [3.8, 4) is 0 Å². The van der Waals surface area contributed by atoms with E-state index >= 15 is 0 Å². The van der Waals surface area contributed by atoms with Crippen molar-refractivity contribution in [2.45, 2.75) is 254 Å². The number of hydrogen-bond donors (Lipinski definition) is 25. The first kappa shape index (κ1) is 79.4. The van der Waals surface area contributed by atoms with Gasteiger partial charge in [0, 0.05) is 34.1 Å². The van der Waals surface area contributed by atoms with Crippen molar-refractivity contribution >= 4 is 29.6 Å². The van der Waals surface area contributed by atoms with Crippen LogP contribution in [0, 0.1) is 0 Å². The summed E-state index contributed by atoms with van der Waals surface area (Å²) in [4.78, 5) is 64.3. The minimum atomic E-state index is -3.43. The summed E-state index contributed by atoms with van der Waals surface area (Å²) in [6.07, 6.45) is -67.5. The average Bonchev–Trinajstić information content (AvgIpc) is 0.757. The number of hydrogen-bond acceptors (Lipinski definition) is 38. The number of aliphatic carboxylic acids is 1. The second kappa shape index (κ2) is 34.1. The fourth-order valence-corrected chi connectivity index (χ4v) is 12.3. The Morgan fingerprint density at radius 3 is 1.17 bits per heavy atom. The van der Waals surface area contributed by atoms with Crippen molar-refractivity contribution in [1.29, 1.82) is 0 Å². The van der Waals surface area contributed by atoms with Crippen LogP contribution in [0.3, 0.4) is 0 Å². The molecule has 0 radical (unpaired) electrons. The molecule has 7 aliphatic rings. The lowest BCUT2D eigenvalue weighted by atomic mass is 9.88. The van der Waals surface area contributed by atoms with Gasteiger partial charge in [0.05, 0.1) is 58.4 Å². The van der Waals surface area contributed by atoms with Crippen LogP contribution in [0.25, 0.3) is 0 Å². The zero-order valence-corrected chi connectivity index (χ0v) is 51.6. The molecule has 96 heavy (non-hydrogen) atoms. The Kier molecular flexibility index (Phi) is 28.2. The highest BCUT2D eigenvalue weighted by Gasteiger charge is 2.63. The number of carboxylic acids is 1. The van der Waals surface area contributed by atoms with Crippen molar-refractivity contribution in [1.82, 2.24) is 21.3 Å². The van der Waals surface area contributed by atoms with Gasteiger partial charge < -0.3 is 190 Å². The summed E-state index contributed by atoms with van der Waals surface area (Å²) < 4.78 is 77.1. The number of carbonyl (C=O) groups excluding carboxylic acids is 4. The fraction of sp³-hybridized carbons (Fsp3) is 0.906. The summed E-state index contributed by atoms with van der Waals surface area (Å²) >= 11 is 0. The van der Waals surface area contributed by atoms with Gasteiger partial charge in [0.15, 0.2) is 37.7 Å². The third-order valence-electron chi connectivity index (χ3n) is 17.1. The zero-order valence-electron chi connectivity index (χ0n) is 51.6. The Balaban J connectivity index is 1.29. The molecule has 7 aliphatic heterocycles. The molecule has 43 nitrogen and oxygen atoms in total. The summed E-state index contributed by atoms with van der Waals surface area (Å²) in [6, 6.07) is -7.50. The standard InChI is InChI=1S/C53H88N4O39/c1-13(65)54-25-17(69)5-53(52(82)83,95-43(25)29(71)18(70)6-58)96-45-38(80)51(89-24(12-64)42(45)93-48-27(56-15(3)67)33(75)31(73)20(8-60)86-48)90-39-22(10-62)87-49(28(34(39)76)57-16(4)68)94-44-37(79)50(91-40-21(9-61)84-46(81)36(78)35(40)77)88-23(11-63)41(44)92-47-26(55-14(2)66)32(74)30(72)19(7-59)85-47/h17-51,58-64,69-81H,5-12H2,1-4H3,(H,54,65)(H,55,66)(H,56,67)(H,57,68)(H,82,83)/t17-,18+,19+,20+,21+,22+,23+,24+,25+,26+,27+,28+,29+,30-,31-,32+,33+,34+,35+,36+,37+,38+,39+,40+,41-,42-,43+,44+,45+,46+,47-,48-,49-,50-,51-,53-/m0/s1. The number of rotatable bonds is 26. The molecule has 0 aliphatic carbocycles. The Labute approximate surface area is 543 Å². The van der Waals surface area contributed by atoms with Crippen LogP contribution in [-0.4, -0.2) is 403 Å². The van der Waals surface area contributed by atoms with E-state index in [4.69, 9.17) is 61.6 Å². The molecule has 7 heterocycles. The van der Waals surface area contributed by atoms with Gasteiger partial charge in [-0.05, 0) is 0 Å². The molecule has 554 valence electrons. The van der Waals surface area contributed by atoms with E-state index in [1.807, 2.05) is 0 Å². The Hall–Kier alpha value is -3.97. The molecule has 0 aromatic rings. The van der Waals surface area contributed by atoms with Crippen LogP contribution in [0.1, 0.15) is 34.1 Å². The van der Waals surface area contributed by atoms with E-state index < -0.39 is 303 Å². The number of nitrogens with one attached hydrogen (secondary N) is 4. The summed E-state index contributed by atoms with van der Waals surface area (Å²) in [5, 5.41) is 240. The Morgan fingerprint density at radius 1 is 0.406 bits per heavy atom. The van der Waals surface area contributed by atoms with Crippen LogP contribution in [-0.2, 0) is 85.6 Å². The van der Waals surface area contributed by atoms with Gasteiger partial charge in [0.25, 0.3) is 5.79 Å². The smallest absolute Gasteiger partial charge is 0.364 e. The molecule has 25 N–H and O–H groups in total. The van der Waals surface area contributed by atoms with E-state index in [-0.39, 0.29) is 0 Å². The van der Waals surface area contributed by atoms with Crippen molar-refractivity contribution in [2.24, 2.45) is 0 Å². The van der Waals surface area contributed by atoms with Crippen LogP contribution in [0.5, 0.6) is 0 Å². The molecule has 0 saturated carbocycles. The van der Waals surface area contributed by atoms with E-state index in [2.05, 4.69) is 21.3 Å². The van der Waals surface area contributed by atoms with Crippen molar-refractivity contribution in [3.05, 3.63) is 0 Å². The maximum Gasteiger partial charge on any atom is 0.364 e. The van der Waals surface area contributed by atoms with Crippen LogP contribution >= 0.6 is 0 Å². The van der Waals surface area contributed by atoms with E-state index in [1.54, 1.807) is 0 Å². The van der Waals surface area contributed by atoms with E-state index in [0.29, 0.717) is 0 Å². The van der Waals surface area contributed by atoms with Crippen LogP contribution in [0.4, 0.5) is 0 Å². The number of aliphatic hydroxyl groups excluding tert-OH is 20. The molecule has 4 amide bonds. The maximum atomic E-state index is 13.7. The quantitative estimate of drug-likeness (QED) is 0.0382. The van der Waals surface area contributed by atoms with Gasteiger partial charge in [0.2, 0.25) is 23.6 Å². The summed E-state index contributed by atoms with van der Waals surface area (Å²) in [7, 11) is 0. The lowest BCUT2D eigenvalue weighted by Gasteiger charge is -2.53. The molecule has 0 aromatic carbocycles. The zero-order chi connectivity index (χ0) is 71.3. The SMILES string of the molecule is CC(=O)N[C@H]1[C@H](O[C@@H]2[C@@H](O)[C@H](O[C@H]3[C@H](O)[C@@H](O)[C@H](O)O[C@@H]3CO)O[C@H](CO)[C@@H]2O[C@@H]2O[C@H](CO)[C@H](O)[C@H](O)[C@H]2NC(C)=O)O[C@H](CO)[C@@H](O[C@@H]2O[C@H](CO)[C@H](O[C@@H]3O[C@H](CO)[C@H](O)[C@H](O)[C@H]3NC(C)=O)[C@H](O[C@]3(C(=O)O)C[C@H](O)[C@@H](NC(C)=O)[C@H]([C@H](O)[C@H](O)CO)O3)[C@H]2O)[C@@H]1O. The molecule has 0 unspecified atom stereocenters. The molecule has 0 aromatic heterocycles. The number of ether oxygens (including phenoxy) is 13. The topological polar surface area (TPSA) is 678 Å². The minimum absolute atomic E-state index is 0.857. The molecule has 7 saturated heterocycles. The predicted octanol–water partition coefficient (Wildman–Crippen LogP) is -16.5. The van der Waals surface area contributed by atoms with Crippen LogP contribution < -0.4 is 21.3 Å². The molecular weight excluding hydrogens is 1320 g/mol. The number of carboxylic acid groups (broad SMARTS) is 1. The molecule has 7 rings (SSSR count). The lowest BCUT2D eigenvalue weighted by Crippen LogP contribution is -2.72. The predicted molar refractivity (Wildman–Crippen MR) is 295 cm³/mol. The van der Waals surface area contributed by atoms with E-state index in [9.17, 15) is 131 Å². The minimum Gasteiger partial charge on any atom is -0.477 e. The van der Waals surface area contributed by atoms with Crippen molar-refractivity contribution < 1.29 is 193 Å². The Bertz CT molecular complexity index is 2540. The highest BCUT2D eigenvalue weighted by molar-refractivity contribution is 5.77. The Morgan fingerprint density at radius 2 is 0.750 bits per heavy atom. The van der Waals surface area contributed by atoms with Gasteiger partial charge in [-0.25, -0.2) is 4.79 Å². The molecular formula is C53H88N4O39. The van der Waals surface area contributed by atoms with E-state index in [0.717, 1.165) is 27.7 Å². The van der Waals surface area contributed by atoms with Crippen molar-refractivity contribution in [3.63, 3.8) is 0 Å². The molecule has 0 bridgehead atoms. The molecule has 43 heteroatoms. The largest absolute Gasteiger partial charge is 0.477 e. The van der Waals surface area contributed by atoms with Gasteiger partial charge in [-0.3, -0.25) is 19.2 Å². The van der Waals surface area contributed by atoms with Gasteiger partial charge >= 0.3 is 5.97 Å². The van der Waals surface area contributed by atoms with Gasteiger partial charge in [-0.2, -0.15) is 0 Å². The van der Waals surface area contributed by atoms with Crippen molar-refractivity contribution in [2.75, 3.05) is 46.2 Å². The fourth-order valence-electron chi connectivity index (χ4n) is 12.3. The highest BCUT2D eigenvalue weighted by atomic mass is 16.8. The van der Waals surface area contributed by atoms with Gasteiger partial charge in [-0.15, -0.1) is 0 Å². The lowest BCUT2D eigenvalue weighted by molar-refractivity contribution is -0.404. The van der Waals surface area contributed by atoms with Crippen LogP contribution in [0.2, 0.25) is 0 Å². The third-order valence-corrected chi connectivity index (χ3v) is 17.1. The summed E-state index contributed by atoms with van der Waals surface area (Å²) in [5.74, 6) is -9.33. The highest BCUT2D eigenvalue weighted by Crippen LogP contribution is 2.42. The first-order valence-corrected chi connectivity index (χ1v) is 30.2. The summed E-state index contributed by atoms with van der Waals surface area (Å²) in [5.41, 5.74) is 0. The molecule has 7 fully saturated rings. The van der Waals surface area contributed by atoms with Gasteiger partial charge in [-0.1, -0.05) is 0 Å². The first-order valence-electron chi connectivity index (χ1n) is 30.2. The number of aliphatic hydroxyl groups is 20. The normalized spacial score (nSPS) is 46.0.